The van der Waals surface area contributed by atoms with E-state index >= 15 is 0 Å². The van der Waals surface area contributed by atoms with Crippen LogP contribution >= 0.6 is 0 Å². The van der Waals surface area contributed by atoms with E-state index in [1.807, 2.05) is 0 Å². The van der Waals surface area contributed by atoms with Crippen LogP contribution < -0.4 is 11.1 Å². The van der Waals surface area contributed by atoms with Crippen LogP contribution in [0.1, 0.15) is 32.3 Å². The van der Waals surface area contributed by atoms with Crippen LogP contribution in [0.25, 0.3) is 0 Å². The molecule has 4 heteroatoms. The Labute approximate surface area is 114 Å². The van der Waals surface area contributed by atoms with Gasteiger partial charge in [0.2, 0.25) is 5.91 Å². The number of carbonyl (C=O) groups excluding carboxylic acids is 1. The summed E-state index contributed by atoms with van der Waals surface area (Å²) in [4.78, 5) is 11.8. The molecule has 3 N–H and O–H groups in total. The molecule has 1 amide bonds. The summed E-state index contributed by atoms with van der Waals surface area (Å²) in [5.74, 6) is -0.338. The zero-order chi connectivity index (χ0) is 14.3. The summed E-state index contributed by atoms with van der Waals surface area (Å²) in [5.41, 5.74) is 6.59. The molecule has 1 aromatic rings. The summed E-state index contributed by atoms with van der Waals surface area (Å²) in [7, 11) is 0. The normalized spacial score (nSPS) is 11.4. The lowest BCUT2D eigenvalue weighted by molar-refractivity contribution is -0.121. The molecule has 0 aliphatic carbocycles. The summed E-state index contributed by atoms with van der Waals surface area (Å²) in [6, 6.07) is 5.99. The van der Waals surface area contributed by atoms with Crippen molar-refractivity contribution in [2.75, 3.05) is 13.1 Å². The first-order valence-corrected chi connectivity index (χ1v) is 6.76. The Balaban J connectivity index is 2.49. The second-order valence-corrected chi connectivity index (χ2v) is 4.99. The molecule has 0 unspecified atom stereocenters. The molecule has 0 aliphatic rings. The van der Waals surface area contributed by atoms with Crippen molar-refractivity contribution < 1.29 is 9.18 Å². The van der Waals surface area contributed by atoms with Gasteiger partial charge in [-0.2, -0.15) is 0 Å². The van der Waals surface area contributed by atoms with E-state index in [1.54, 1.807) is 12.1 Å². The summed E-state index contributed by atoms with van der Waals surface area (Å²) < 4.78 is 12.8. The molecule has 0 saturated heterocycles. The summed E-state index contributed by atoms with van der Waals surface area (Å²) in [6.45, 7) is 5.33. The lowest BCUT2D eigenvalue weighted by atomic mass is 9.82. The Morgan fingerprint density at radius 1 is 1.26 bits per heavy atom. The Morgan fingerprint density at radius 2 is 1.84 bits per heavy atom. The fraction of sp³-hybridized carbons (Fsp3) is 0.533. The van der Waals surface area contributed by atoms with E-state index in [1.165, 1.54) is 12.1 Å². The maximum atomic E-state index is 12.8. The first kappa shape index (κ1) is 15.6. The van der Waals surface area contributed by atoms with Gasteiger partial charge in [-0.3, -0.25) is 4.79 Å². The van der Waals surface area contributed by atoms with Gasteiger partial charge in [0, 0.05) is 6.54 Å². The number of hydrogen-bond acceptors (Lipinski definition) is 2. The fourth-order valence-corrected chi connectivity index (χ4v) is 2.00. The van der Waals surface area contributed by atoms with Gasteiger partial charge < -0.3 is 11.1 Å². The van der Waals surface area contributed by atoms with E-state index in [4.69, 9.17) is 5.73 Å². The molecule has 19 heavy (non-hydrogen) atoms. The number of benzene rings is 1. The van der Waals surface area contributed by atoms with E-state index in [0.29, 0.717) is 13.1 Å². The predicted octanol–water partition coefficient (Wildman–Crippen LogP) is 2.25. The molecule has 0 atom stereocenters. The molecular formula is C15H23FN2O. The highest BCUT2D eigenvalue weighted by atomic mass is 19.1. The Bertz CT molecular complexity index is 391. The van der Waals surface area contributed by atoms with Gasteiger partial charge in [-0.15, -0.1) is 0 Å². The molecular weight excluding hydrogens is 243 g/mol. The number of nitrogens with two attached hydrogens (primary N) is 1. The first-order valence-electron chi connectivity index (χ1n) is 6.76. The highest BCUT2D eigenvalue weighted by Crippen LogP contribution is 2.23. The number of amides is 1. The molecule has 0 saturated carbocycles. The second kappa shape index (κ2) is 7.24. The van der Waals surface area contributed by atoms with Crippen LogP contribution in [0, 0.1) is 11.2 Å². The number of halogens is 1. The van der Waals surface area contributed by atoms with E-state index in [0.717, 1.165) is 18.4 Å². The van der Waals surface area contributed by atoms with Gasteiger partial charge in [0.05, 0.1) is 6.42 Å². The van der Waals surface area contributed by atoms with Crippen LogP contribution in [0.5, 0.6) is 0 Å². The minimum Gasteiger partial charge on any atom is -0.355 e. The van der Waals surface area contributed by atoms with Crippen LogP contribution in [0.3, 0.4) is 0 Å². The third-order valence-electron chi connectivity index (χ3n) is 3.87. The molecule has 0 fully saturated rings. The molecule has 3 nitrogen and oxygen atoms in total. The molecule has 0 aromatic heterocycles. The Hall–Kier alpha value is -1.42. The molecule has 1 rings (SSSR count). The van der Waals surface area contributed by atoms with Gasteiger partial charge in [-0.05, 0) is 42.5 Å². The zero-order valence-corrected chi connectivity index (χ0v) is 11.7. The van der Waals surface area contributed by atoms with Gasteiger partial charge in [0.25, 0.3) is 0 Å². The maximum absolute atomic E-state index is 12.8. The molecule has 0 bridgehead atoms. The van der Waals surface area contributed by atoms with Crippen molar-refractivity contribution >= 4 is 5.91 Å². The van der Waals surface area contributed by atoms with E-state index in [-0.39, 0.29) is 23.6 Å². The summed E-state index contributed by atoms with van der Waals surface area (Å²) >= 11 is 0. The average Bonchev–Trinajstić information content (AvgIpc) is 2.44. The molecule has 0 radical (unpaired) electrons. The lowest BCUT2D eigenvalue weighted by Gasteiger charge is -2.30. The standard InChI is InChI=1S/C15H23FN2O/c1-3-15(4-2,10-17)11-18-14(19)9-12-5-7-13(16)8-6-12/h5-8H,3-4,9-11,17H2,1-2H3,(H,18,19). The highest BCUT2D eigenvalue weighted by molar-refractivity contribution is 5.78. The zero-order valence-electron chi connectivity index (χ0n) is 11.7. The summed E-state index contributed by atoms with van der Waals surface area (Å²) in [6.07, 6.45) is 2.15. The quantitative estimate of drug-likeness (QED) is 0.795. The van der Waals surface area contributed by atoms with Gasteiger partial charge in [-0.1, -0.05) is 26.0 Å². The number of rotatable bonds is 7. The van der Waals surface area contributed by atoms with Crippen LogP contribution in [0.15, 0.2) is 24.3 Å². The molecule has 0 spiro atoms. The first-order chi connectivity index (χ1) is 9.05. The van der Waals surface area contributed by atoms with Crippen molar-refractivity contribution in [3.05, 3.63) is 35.6 Å². The van der Waals surface area contributed by atoms with Crippen LogP contribution in [0.4, 0.5) is 4.39 Å². The number of nitrogens with one attached hydrogen (secondary N) is 1. The third kappa shape index (κ3) is 4.63. The van der Waals surface area contributed by atoms with E-state index in [2.05, 4.69) is 19.2 Å². The van der Waals surface area contributed by atoms with Crippen LogP contribution in [0.2, 0.25) is 0 Å². The minimum absolute atomic E-state index is 0.0154. The predicted molar refractivity (Wildman–Crippen MR) is 75.2 cm³/mol. The molecule has 106 valence electrons. The van der Waals surface area contributed by atoms with Gasteiger partial charge in [0.15, 0.2) is 0 Å². The average molecular weight is 266 g/mol. The van der Waals surface area contributed by atoms with Crippen LogP contribution in [-0.4, -0.2) is 19.0 Å². The largest absolute Gasteiger partial charge is 0.355 e. The fourth-order valence-electron chi connectivity index (χ4n) is 2.00. The van der Waals surface area contributed by atoms with Gasteiger partial charge >= 0.3 is 0 Å². The van der Waals surface area contributed by atoms with E-state index in [9.17, 15) is 9.18 Å². The van der Waals surface area contributed by atoms with Crippen molar-refractivity contribution in [1.82, 2.24) is 5.32 Å². The highest BCUT2D eigenvalue weighted by Gasteiger charge is 2.24. The van der Waals surface area contributed by atoms with Crippen molar-refractivity contribution in [3.8, 4) is 0 Å². The van der Waals surface area contributed by atoms with Crippen molar-refractivity contribution in [1.29, 1.82) is 0 Å². The Morgan fingerprint density at radius 3 is 2.32 bits per heavy atom. The van der Waals surface area contributed by atoms with Crippen molar-refractivity contribution in [2.24, 2.45) is 11.1 Å². The van der Waals surface area contributed by atoms with E-state index < -0.39 is 0 Å². The molecule has 1 aromatic carbocycles. The SMILES string of the molecule is CCC(CC)(CN)CNC(=O)Cc1ccc(F)cc1. The van der Waals surface area contributed by atoms with Crippen molar-refractivity contribution in [3.63, 3.8) is 0 Å². The molecule has 0 aliphatic heterocycles. The topological polar surface area (TPSA) is 55.1 Å². The monoisotopic (exact) mass is 266 g/mol. The maximum Gasteiger partial charge on any atom is 0.224 e. The minimum atomic E-state index is -0.289. The lowest BCUT2D eigenvalue weighted by Crippen LogP contribution is -2.42. The number of carbonyl (C=O) groups is 1. The third-order valence-corrected chi connectivity index (χ3v) is 3.87. The van der Waals surface area contributed by atoms with Gasteiger partial charge in [-0.25, -0.2) is 4.39 Å². The summed E-state index contributed by atoms with van der Waals surface area (Å²) in [5, 5.41) is 2.93. The van der Waals surface area contributed by atoms with Crippen LogP contribution in [-0.2, 0) is 11.2 Å². The van der Waals surface area contributed by atoms with Crippen molar-refractivity contribution in [2.45, 2.75) is 33.1 Å². The molecule has 0 heterocycles. The number of hydrogen-bond donors (Lipinski definition) is 2. The Kier molecular flexibility index (Phi) is 5.96. The smallest absolute Gasteiger partial charge is 0.224 e. The van der Waals surface area contributed by atoms with Gasteiger partial charge in [0.1, 0.15) is 5.82 Å². The second-order valence-electron chi connectivity index (χ2n) is 4.99.